The van der Waals surface area contributed by atoms with Crippen LogP contribution in [-0.4, -0.2) is 27.6 Å². The van der Waals surface area contributed by atoms with Crippen molar-refractivity contribution in [2.75, 3.05) is 7.11 Å². The van der Waals surface area contributed by atoms with Crippen molar-refractivity contribution in [1.82, 2.24) is 14.5 Å². The maximum absolute atomic E-state index is 11.6. The van der Waals surface area contributed by atoms with Crippen molar-refractivity contribution >= 4 is 5.97 Å². The summed E-state index contributed by atoms with van der Waals surface area (Å²) in [7, 11) is 1.36. The van der Waals surface area contributed by atoms with Crippen molar-refractivity contribution in [3.05, 3.63) is 36.3 Å². The second kappa shape index (κ2) is 4.41. The average Bonchev–Trinajstić information content (AvgIpc) is 3.44. The minimum absolute atomic E-state index is 0.259. The molecule has 2 fully saturated rings. The molecule has 2 aliphatic rings. The second-order valence-electron chi connectivity index (χ2n) is 5.90. The highest BCUT2D eigenvalue weighted by Crippen LogP contribution is 2.60. The lowest BCUT2D eigenvalue weighted by Crippen LogP contribution is -2.20. The molecule has 108 valence electrons. The number of hydrogen-bond acceptors (Lipinski definition) is 4. The van der Waals surface area contributed by atoms with Crippen LogP contribution in [0.15, 0.2) is 30.6 Å². The molecule has 0 aromatic carbocycles. The molecule has 2 saturated carbocycles. The summed E-state index contributed by atoms with van der Waals surface area (Å²) in [6.07, 6.45) is 8.94. The van der Waals surface area contributed by atoms with Crippen molar-refractivity contribution in [2.24, 2.45) is 5.92 Å². The normalized spacial score (nSPS) is 19.3. The van der Waals surface area contributed by atoms with Crippen LogP contribution in [0, 0.1) is 5.92 Å². The highest BCUT2D eigenvalue weighted by atomic mass is 16.5. The van der Waals surface area contributed by atoms with Gasteiger partial charge in [0.15, 0.2) is 5.82 Å². The Bertz CT molecular complexity index is 699. The Labute approximate surface area is 123 Å². The molecule has 0 unspecified atom stereocenters. The van der Waals surface area contributed by atoms with Crippen LogP contribution in [0.2, 0.25) is 0 Å². The van der Waals surface area contributed by atoms with Gasteiger partial charge in [-0.1, -0.05) is 6.07 Å². The number of carbonyl (C=O) groups is 1. The third kappa shape index (κ3) is 1.95. The van der Waals surface area contributed by atoms with Gasteiger partial charge in [-0.3, -0.25) is 0 Å². The number of imidazole rings is 1. The van der Waals surface area contributed by atoms with Gasteiger partial charge in [0.05, 0.1) is 7.11 Å². The van der Waals surface area contributed by atoms with E-state index in [4.69, 9.17) is 4.74 Å². The first-order valence-electron chi connectivity index (χ1n) is 7.34. The Morgan fingerprint density at radius 2 is 2.19 bits per heavy atom. The first kappa shape index (κ1) is 12.6. The van der Waals surface area contributed by atoms with E-state index in [1.165, 1.54) is 32.8 Å². The van der Waals surface area contributed by atoms with Crippen molar-refractivity contribution in [3.63, 3.8) is 0 Å². The average molecular weight is 283 g/mol. The highest BCUT2D eigenvalue weighted by molar-refractivity contribution is 5.87. The van der Waals surface area contributed by atoms with Gasteiger partial charge in [-0.2, -0.15) is 0 Å². The molecule has 2 aromatic heterocycles. The molecule has 2 heterocycles. The van der Waals surface area contributed by atoms with E-state index < -0.39 is 5.97 Å². The monoisotopic (exact) mass is 283 g/mol. The predicted molar refractivity (Wildman–Crippen MR) is 76.7 cm³/mol. The van der Waals surface area contributed by atoms with E-state index in [0.29, 0.717) is 5.69 Å². The number of rotatable bonds is 4. The van der Waals surface area contributed by atoms with Crippen molar-refractivity contribution in [2.45, 2.75) is 31.2 Å². The van der Waals surface area contributed by atoms with E-state index in [1.54, 1.807) is 6.07 Å². The fourth-order valence-electron chi connectivity index (χ4n) is 3.22. The summed E-state index contributed by atoms with van der Waals surface area (Å²) in [6, 6.07) is 5.38. The molecule has 2 aromatic rings. The summed E-state index contributed by atoms with van der Waals surface area (Å²) < 4.78 is 7.01. The summed E-state index contributed by atoms with van der Waals surface area (Å²) in [4.78, 5) is 20.5. The van der Waals surface area contributed by atoms with Crippen molar-refractivity contribution < 1.29 is 9.53 Å². The van der Waals surface area contributed by atoms with E-state index in [0.717, 1.165) is 17.4 Å². The summed E-state index contributed by atoms with van der Waals surface area (Å²) in [5.41, 5.74) is 1.31. The smallest absolute Gasteiger partial charge is 0.356 e. The molecule has 0 atom stereocenters. The van der Waals surface area contributed by atoms with Gasteiger partial charge in [-0.25, -0.2) is 14.8 Å². The lowest BCUT2D eigenvalue weighted by Gasteiger charge is -2.19. The number of esters is 1. The van der Waals surface area contributed by atoms with Gasteiger partial charge in [-0.15, -0.1) is 0 Å². The van der Waals surface area contributed by atoms with Gasteiger partial charge in [0.2, 0.25) is 0 Å². The number of pyridine rings is 1. The number of ether oxygens (including phenoxy) is 1. The number of hydrogen-bond donors (Lipinski definition) is 0. The quantitative estimate of drug-likeness (QED) is 0.809. The molecule has 0 N–H and O–H groups in total. The Morgan fingerprint density at radius 1 is 1.38 bits per heavy atom. The van der Waals surface area contributed by atoms with Crippen LogP contribution in [0.1, 0.15) is 36.2 Å². The van der Waals surface area contributed by atoms with Crippen molar-refractivity contribution in [3.8, 4) is 11.5 Å². The summed E-state index contributed by atoms with van der Waals surface area (Å²) in [5, 5.41) is 0. The molecule has 5 heteroatoms. The maximum atomic E-state index is 11.6. The Hall–Kier alpha value is -2.17. The van der Waals surface area contributed by atoms with Crippen LogP contribution in [0.25, 0.3) is 11.5 Å². The first-order chi connectivity index (χ1) is 10.2. The van der Waals surface area contributed by atoms with E-state index in [-0.39, 0.29) is 5.54 Å². The fraction of sp³-hybridized carbons (Fsp3) is 0.438. The van der Waals surface area contributed by atoms with Gasteiger partial charge in [-0.05, 0) is 43.7 Å². The number of methoxy groups -OCH3 is 1. The van der Waals surface area contributed by atoms with Gasteiger partial charge < -0.3 is 9.30 Å². The molecule has 5 nitrogen and oxygen atoms in total. The third-order valence-corrected chi connectivity index (χ3v) is 4.59. The van der Waals surface area contributed by atoms with Crippen LogP contribution in [0.4, 0.5) is 0 Å². The van der Waals surface area contributed by atoms with Gasteiger partial charge in [0, 0.05) is 17.9 Å². The second-order valence-corrected chi connectivity index (χ2v) is 5.90. The SMILES string of the molecule is COC(=O)c1cccc(-c2nccn2C2(C3CC3)CC2)n1. The fourth-order valence-corrected chi connectivity index (χ4v) is 3.22. The van der Waals surface area contributed by atoms with Crippen LogP contribution in [0.3, 0.4) is 0 Å². The minimum atomic E-state index is -0.418. The Balaban J connectivity index is 1.75. The number of aromatic nitrogens is 3. The zero-order valence-corrected chi connectivity index (χ0v) is 12.0. The van der Waals surface area contributed by atoms with Gasteiger partial charge in [0.1, 0.15) is 11.4 Å². The highest BCUT2D eigenvalue weighted by Gasteiger charge is 2.56. The van der Waals surface area contributed by atoms with Crippen LogP contribution < -0.4 is 0 Å². The summed E-state index contributed by atoms with van der Waals surface area (Å²) >= 11 is 0. The Kier molecular flexibility index (Phi) is 2.64. The zero-order valence-electron chi connectivity index (χ0n) is 12.0. The van der Waals surface area contributed by atoms with E-state index in [9.17, 15) is 4.79 Å². The van der Waals surface area contributed by atoms with Crippen LogP contribution in [0.5, 0.6) is 0 Å². The molecular formula is C16H17N3O2. The number of carbonyl (C=O) groups excluding carboxylic acids is 1. The van der Waals surface area contributed by atoms with E-state index in [2.05, 4.69) is 14.5 Å². The summed E-state index contributed by atoms with van der Waals surface area (Å²) in [5.74, 6) is 1.22. The number of nitrogens with zero attached hydrogens (tertiary/aromatic N) is 3. The molecule has 0 bridgehead atoms. The third-order valence-electron chi connectivity index (χ3n) is 4.59. The minimum Gasteiger partial charge on any atom is -0.464 e. The molecule has 0 aliphatic heterocycles. The standard InChI is InChI=1S/C16H17N3O2/c1-21-15(20)13-4-2-3-12(18-13)14-17-9-10-19(14)16(7-8-16)11-5-6-11/h2-4,9-11H,5-8H2,1H3. The predicted octanol–water partition coefficient (Wildman–Crippen LogP) is 2.63. The van der Waals surface area contributed by atoms with Gasteiger partial charge >= 0.3 is 5.97 Å². The molecule has 21 heavy (non-hydrogen) atoms. The first-order valence-corrected chi connectivity index (χ1v) is 7.34. The van der Waals surface area contributed by atoms with E-state index >= 15 is 0 Å². The Morgan fingerprint density at radius 3 is 2.86 bits per heavy atom. The molecule has 0 saturated heterocycles. The largest absolute Gasteiger partial charge is 0.464 e. The van der Waals surface area contributed by atoms with Crippen LogP contribution in [-0.2, 0) is 10.3 Å². The molecule has 2 aliphatic carbocycles. The lowest BCUT2D eigenvalue weighted by molar-refractivity contribution is 0.0594. The van der Waals surface area contributed by atoms with Gasteiger partial charge in [0.25, 0.3) is 0 Å². The molecular weight excluding hydrogens is 266 g/mol. The van der Waals surface area contributed by atoms with Crippen molar-refractivity contribution in [1.29, 1.82) is 0 Å². The molecule has 0 radical (unpaired) electrons. The topological polar surface area (TPSA) is 57.0 Å². The van der Waals surface area contributed by atoms with Crippen LogP contribution >= 0.6 is 0 Å². The summed E-state index contributed by atoms with van der Waals surface area (Å²) in [6.45, 7) is 0. The maximum Gasteiger partial charge on any atom is 0.356 e. The molecule has 4 rings (SSSR count). The lowest BCUT2D eigenvalue weighted by atomic mass is 10.1. The zero-order chi connectivity index (χ0) is 14.4. The van der Waals surface area contributed by atoms with E-state index in [1.807, 2.05) is 24.5 Å². The molecule has 0 amide bonds. The molecule has 0 spiro atoms.